The molecular weight excluding hydrogens is 1670 g/mol. The average molecular weight is 1780 g/mol. The van der Waals surface area contributed by atoms with Crippen molar-refractivity contribution in [1.29, 1.82) is 0 Å². The van der Waals surface area contributed by atoms with Gasteiger partial charge >= 0.3 is 0 Å². The van der Waals surface area contributed by atoms with E-state index < -0.39 is 0 Å². The summed E-state index contributed by atoms with van der Waals surface area (Å²) in [4.78, 5) is 11.2. The molecule has 36 nitrogen and oxygen atoms in total. The van der Waals surface area contributed by atoms with Crippen molar-refractivity contribution in [3.8, 4) is 113 Å². The summed E-state index contributed by atoms with van der Waals surface area (Å²) >= 11 is 0. The van der Waals surface area contributed by atoms with E-state index in [-0.39, 0.29) is 52.5 Å². The van der Waals surface area contributed by atoms with Gasteiger partial charge in [-0.3, -0.25) is 0 Å². The largest absolute Gasteiger partial charge is 0.507 e. The van der Waals surface area contributed by atoms with Gasteiger partial charge in [0.25, 0.3) is 0 Å². The Bertz CT molecular complexity index is 6270. The second-order valence-electron chi connectivity index (χ2n) is 35.2. The molecule has 5 aromatic carbocycles. The highest BCUT2D eigenvalue weighted by Gasteiger charge is 2.42. The fourth-order valence-electron chi connectivity index (χ4n) is 18.4. The number of hydrogen-bond acceptors (Lipinski definition) is 31. The average Bonchev–Trinajstić information content (AvgIpc) is 1.27. The summed E-state index contributed by atoms with van der Waals surface area (Å²) in [6, 6.07) is 56.2. The Morgan fingerprint density at radius 1 is 0.371 bits per heavy atom. The standard InChI is InChI=1S/2C20H22N6O.C19H20N6O.C19H22N6O.C18H20N6O2/c27-18-13-15(26-11-2-10-22-26)3-4-16(18)17-5-6-19(24-23-17)25-12-8-20(14-25)7-1-9-21-20;27-18-12-15(26-9-1-8-22-26)2-3-16(18)17-4-5-19(24-23-17)25-10-6-20(7-11-25)13-21-14-20;26-18-9-15(25-7-1-6-21-25)2-3-16(18)17-4-5-19(23-22-17)24-11-13-8-14(12-24)20-10-13;1-19(20)7-11-24(12-8-19)18-6-5-16(22-23-18)15-4-3-14(13-17(15)26)25-10-2-9-21-25;25-12-13-11-23(9-7-19-13)18-5-4-16(21-22-18)15-3-2-14(10-17(15)26)24-8-1-6-20-24/h2-6,10-11,13,21,27H,1,7-9,12,14H2;1-5,8-9,12,21,27H,6-7,10-11,13-14H2;1-7,9,13-14,20,26H,8,10-12H2;2-6,9-10,13,26H,7-8,11-12,20H2,1H3;1-6,8,10,13,19,25-26H,7,9,11-12H2. The smallest absolute Gasteiger partial charge is 0.151 e. The third kappa shape index (κ3) is 19.7. The number of nitrogens with two attached hydrogens (primary N) is 1. The van der Waals surface area contributed by atoms with E-state index in [0.717, 1.165) is 168 Å². The van der Waals surface area contributed by atoms with E-state index in [0.29, 0.717) is 80.2 Å². The summed E-state index contributed by atoms with van der Waals surface area (Å²) in [6.45, 7) is 16.8. The van der Waals surface area contributed by atoms with Crippen LogP contribution in [0.25, 0.3) is 84.7 Å². The number of aliphatic hydroxyl groups excluding tert-OH is 1. The molecule has 18 heterocycles. The second kappa shape index (κ2) is 38.5. The van der Waals surface area contributed by atoms with Crippen molar-refractivity contribution in [2.45, 2.75) is 81.5 Å². The minimum atomic E-state index is -0.0913. The number of anilines is 5. The molecule has 0 amide bonds. The summed E-state index contributed by atoms with van der Waals surface area (Å²) in [6.07, 6.45) is 26.9. The Morgan fingerprint density at radius 3 is 1.05 bits per heavy atom. The first-order chi connectivity index (χ1) is 64.5. The van der Waals surface area contributed by atoms with Gasteiger partial charge in [0, 0.05) is 235 Å². The molecule has 36 heteroatoms. The third-order valence-electron chi connectivity index (χ3n) is 26.1. The zero-order valence-corrected chi connectivity index (χ0v) is 73.2. The van der Waals surface area contributed by atoms with E-state index in [4.69, 9.17) is 5.73 Å². The number of phenolic OH excluding ortho intramolecular Hbond substituents is 5. The van der Waals surface area contributed by atoms with Crippen molar-refractivity contribution in [1.82, 2.24) is 121 Å². The topological polar surface area (TPSA) is 430 Å². The van der Waals surface area contributed by atoms with E-state index in [9.17, 15) is 30.6 Å². The van der Waals surface area contributed by atoms with E-state index >= 15 is 0 Å². The maximum absolute atomic E-state index is 10.4. The summed E-state index contributed by atoms with van der Waals surface area (Å²) in [5, 5.41) is 140. The van der Waals surface area contributed by atoms with Crippen molar-refractivity contribution in [3.05, 3.63) is 244 Å². The third-order valence-corrected chi connectivity index (χ3v) is 26.1. The molecule has 8 aliphatic heterocycles. The zero-order valence-electron chi connectivity index (χ0n) is 73.2. The maximum atomic E-state index is 10.4. The van der Waals surface area contributed by atoms with Crippen LogP contribution in [0.5, 0.6) is 28.7 Å². The Kier molecular flexibility index (Phi) is 25.3. The van der Waals surface area contributed by atoms with Gasteiger partial charge in [-0.05, 0) is 228 Å². The van der Waals surface area contributed by atoms with Crippen molar-refractivity contribution in [2.75, 3.05) is 129 Å². The number of rotatable bonds is 16. The monoisotopic (exact) mass is 1770 g/mol. The lowest BCUT2D eigenvalue weighted by molar-refractivity contribution is 0.126. The highest BCUT2D eigenvalue weighted by atomic mass is 16.3. The molecule has 0 saturated carbocycles. The van der Waals surface area contributed by atoms with Gasteiger partial charge in [0.1, 0.15) is 28.7 Å². The maximum Gasteiger partial charge on any atom is 0.151 e. The molecule has 8 fully saturated rings. The normalized spacial score (nSPS) is 19.3. The zero-order chi connectivity index (χ0) is 90.1. The Labute approximate surface area is 762 Å². The predicted molar refractivity (Wildman–Crippen MR) is 502 cm³/mol. The predicted octanol–water partition coefficient (Wildman–Crippen LogP) is 9.58. The number of aromatic nitrogens is 20. The molecule has 676 valence electrons. The lowest BCUT2D eigenvalue weighted by atomic mass is 9.73. The van der Waals surface area contributed by atoms with E-state index in [1.807, 2.05) is 183 Å². The molecule has 4 atom stereocenters. The molecule has 8 saturated heterocycles. The first-order valence-electron chi connectivity index (χ1n) is 44.9. The first-order valence-corrected chi connectivity index (χ1v) is 44.9. The van der Waals surface area contributed by atoms with Crippen LogP contribution in [-0.4, -0.2) is 258 Å². The van der Waals surface area contributed by atoms with Crippen molar-refractivity contribution >= 4 is 29.1 Å². The van der Waals surface area contributed by atoms with E-state index in [1.165, 1.54) is 32.1 Å². The summed E-state index contributed by atoms with van der Waals surface area (Å²) < 4.78 is 8.49. The molecule has 2 bridgehead atoms. The number of benzene rings is 5. The number of piperidine rings is 3. The van der Waals surface area contributed by atoms with Crippen LogP contribution in [0.1, 0.15) is 58.3 Å². The molecule has 12 N–H and O–H groups in total. The van der Waals surface area contributed by atoms with Crippen LogP contribution < -0.4 is 51.5 Å². The van der Waals surface area contributed by atoms with Gasteiger partial charge in [-0.15, -0.1) is 51.0 Å². The van der Waals surface area contributed by atoms with Gasteiger partial charge in [0.2, 0.25) is 0 Å². The molecule has 15 aromatic rings. The van der Waals surface area contributed by atoms with Crippen LogP contribution in [0.4, 0.5) is 29.1 Å². The van der Waals surface area contributed by atoms with Gasteiger partial charge in [0.05, 0.1) is 63.5 Å². The highest BCUT2D eigenvalue weighted by molar-refractivity contribution is 5.74. The lowest BCUT2D eigenvalue weighted by Crippen LogP contribution is -2.58. The van der Waals surface area contributed by atoms with Crippen LogP contribution in [0.3, 0.4) is 0 Å². The quantitative estimate of drug-likeness (QED) is 0.0428. The minimum Gasteiger partial charge on any atom is -0.507 e. The van der Waals surface area contributed by atoms with Gasteiger partial charge in [-0.1, -0.05) is 0 Å². The number of aromatic hydroxyl groups is 5. The number of aliphatic hydroxyl groups is 1. The highest BCUT2D eigenvalue weighted by Crippen LogP contribution is 2.41. The van der Waals surface area contributed by atoms with Gasteiger partial charge in [0.15, 0.2) is 29.1 Å². The Balaban J connectivity index is 0.000000107. The number of piperazine rings is 1. The van der Waals surface area contributed by atoms with Crippen LogP contribution >= 0.6 is 0 Å². The number of fused-ring (bicyclic) bond motifs is 2. The SMILES string of the molecule is CC1(N)CCN(c2ccc(-c3ccc(-n4cccn4)cc3O)nn2)CC1.OCC1CN(c2ccc(-c3ccc(-n4cccn4)cc3O)nn2)CCN1.Oc1cc(-n2cccn2)ccc1-c1ccc(N2CC3CNC(C3)C2)nn1.Oc1cc(-n2cccn2)ccc1-c1ccc(N2CCC3(CC2)CNC3)nn1.Oc1cc(-n2cccn2)ccc1-c1ccc(N2CCC3(CCCN3)C2)nn1. The Morgan fingerprint density at radius 2 is 0.735 bits per heavy atom. The fourth-order valence-corrected chi connectivity index (χ4v) is 18.4. The van der Waals surface area contributed by atoms with Crippen LogP contribution in [0.15, 0.2) is 244 Å². The lowest BCUT2D eigenvalue weighted by Gasteiger charge is -2.48. The van der Waals surface area contributed by atoms with Crippen LogP contribution in [0, 0.1) is 11.3 Å². The van der Waals surface area contributed by atoms with Crippen molar-refractivity contribution in [3.63, 3.8) is 0 Å². The minimum absolute atomic E-state index is 0.0455. The number of nitrogens with one attached hydrogen (secondary N) is 4. The van der Waals surface area contributed by atoms with Gasteiger partial charge in [-0.25, -0.2) is 23.4 Å². The summed E-state index contributed by atoms with van der Waals surface area (Å²) in [5.41, 5.74) is 17.4. The molecule has 0 radical (unpaired) electrons. The molecule has 132 heavy (non-hydrogen) atoms. The fraction of sp³-hybridized carbons (Fsp3) is 0.323. The van der Waals surface area contributed by atoms with Crippen molar-refractivity contribution in [2.24, 2.45) is 17.1 Å². The van der Waals surface area contributed by atoms with Crippen LogP contribution in [0.2, 0.25) is 0 Å². The van der Waals surface area contributed by atoms with E-state index in [2.05, 4.69) is 129 Å². The first kappa shape index (κ1) is 86.7. The van der Waals surface area contributed by atoms with Crippen LogP contribution in [-0.2, 0) is 0 Å². The van der Waals surface area contributed by atoms with Gasteiger partial charge in [-0.2, -0.15) is 25.5 Å². The van der Waals surface area contributed by atoms with E-state index in [1.54, 1.807) is 84.7 Å². The number of nitrogens with zero attached hydrogens (tertiary/aromatic N) is 25. The Hall–Kier alpha value is -14.7. The molecule has 10 aromatic heterocycles. The molecule has 8 aliphatic rings. The molecule has 0 aliphatic carbocycles. The summed E-state index contributed by atoms with van der Waals surface area (Å²) in [5.74, 6) is 5.81. The number of hydrogen-bond donors (Lipinski definition) is 11. The molecular formula is C96H106N30O6. The number of phenols is 5. The molecule has 4 unspecified atom stereocenters. The molecule has 23 rings (SSSR count). The molecule has 2 spiro atoms. The summed E-state index contributed by atoms with van der Waals surface area (Å²) in [7, 11) is 0. The second-order valence-corrected chi connectivity index (χ2v) is 35.2. The van der Waals surface area contributed by atoms with Crippen molar-refractivity contribution < 1.29 is 30.6 Å². The van der Waals surface area contributed by atoms with Gasteiger partial charge < -0.3 is 82.1 Å².